The second kappa shape index (κ2) is 6.56. The van der Waals surface area contributed by atoms with Crippen molar-refractivity contribution in [3.05, 3.63) is 56.7 Å². The first kappa shape index (κ1) is 15.9. The highest BCUT2D eigenvalue weighted by molar-refractivity contribution is 6.42. The van der Waals surface area contributed by atoms with Crippen molar-refractivity contribution < 1.29 is 8.78 Å². The van der Waals surface area contributed by atoms with Gasteiger partial charge in [0.1, 0.15) is 16.8 Å². The molecule has 8 heteroatoms. The van der Waals surface area contributed by atoms with Crippen LogP contribution < -0.4 is 5.43 Å². The van der Waals surface area contributed by atoms with E-state index in [9.17, 15) is 8.78 Å². The van der Waals surface area contributed by atoms with Crippen molar-refractivity contribution in [1.82, 2.24) is 4.98 Å². The van der Waals surface area contributed by atoms with E-state index in [1.54, 1.807) is 0 Å². The van der Waals surface area contributed by atoms with Gasteiger partial charge in [-0.1, -0.05) is 40.9 Å². The zero-order chi connectivity index (χ0) is 15.6. The summed E-state index contributed by atoms with van der Waals surface area (Å²) in [6, 6.07) is 4.94. The van der Waals surface area contributed by atoms with Gasteiger partial charge in [-0.25, -0.2) is 13.8 Å². The van der Waals surface area contributed by atoms with E-state index in [1.807, 2.05) is 0 Å². The van der Waals surface area contributed by atoms with Crippen molar-refractivity contribution in [2.75, 3.05) is 5.43 Å². The van der Waals surface area contributed by atoms with Gasteiger partial charge in [-0.15, -0.1) is 0 Å². The third kappa shape index (κ3) is 3.61. The Morgan fingerprint density at radius 2 is 1.76 bits per heavy atom. The number of pyridine rings is 1. The molecule has 1 N–H and O–H groups in total. The monoisotopic (exact) mass is 349 g/mol. The zero-order valence-corrected chi connectivity index (χ0v) is 12.9. The number of hydrogen-bond acceptors (Lipinski definition) is 3. The maximum absolute atomic E-state index is 13.6. The van der Waals surface area contributed by atoms with Crippen LogP contribution in [0.2, 0.25) is 15.2 Å². The zero-order valence-electron chi connectivity index (χ0n) is 10.6. The lowest BCUT2D eigenvalue weighted by Gasteiger charge is -2.07. The average Bonchev–Trinajstić information content (AvgIpc) is 2.41. The molecule has 0 saturated heterocycles. The molecule has 0 saturated carbocycles. The topological polar surface area (TPSA) is 37.3 Å². The first-order valence-electron chi connectivity index (χ1n) is 5.66. The van der Waals surface area contributed by atoms with Crippen molar-refractivity contribution in [3.8, 4) is 0 Å². The Bertz CT molecular complexity index is 700. The van der Waals surface area contributed by atoms with Crippen LogP contribution in [0.15, 0.2) is 29.4 Å². The van der Waals surface area contributed by atoms with Crippen LogP contribution in [0.25, 0.3) is 0 Å². The number of nitrogens with one attached hydrogen (secondary N) is 1. The van der Waals surface area contributed by atoms with E-state index >= 15 is 0 Å². The van der Waals surface area contributed by atoms with E-state index in [4.69, 9.17) is 34.8 Å². The molecule has 0 unspecified atom stereocenters. The van der Waals surface area contributed by atoms with Gasteiger partial charge in [0.05, 0.1) is 21.3 Å². The average molecular weight is 351 g/mol. The van der Waals surface area contributed by atoms with Crippen LogP contribution in [0.4, 0.5) is 14.6 Å². The first-order chi connectivity index (χ1) is 9.90. The summed E-state index contributed by atoms with van der Waals surface area (Å²) in [4.78, 5) is 3.88. The standard InChI is InChI=1S/C13H8Cl3F2N3/c1-6(11-9(17)3-2-4-10(11)18)20-21-13-8(15)5-7(14)12(16)19-13/h2-5H,1H3,(H,19,21)/b20-6-. The minimum atomic E-state index is -0.716. The summed E-state index contributed by atoms with van der Waals surface area (Å²) in [6.07, 6.45) is 0. The van der Waals surface area contributed by atoms with Crippen molar-refractivity contribution in [2.24, 2.45) is 5.10 Å². The van der Waals surface area contributed by atoms with Crippen molar-refractivity contribution >= 4 is 46.3 Å². The molecule has 0 aliphatic heterocycles. The van der Waals surface area contributed by atoms with E-state index in [1.165, 1.54) is 19.1 Å². The number of hydrogen-bond donors (Lipinski definition) is 1. The van der Waals surface area contributed by atoms with E-state index in [-0.39, 0.29) is 32.3 Å². The number of nitrogens with zero attached hydrogens (tertiary/aromatic N) is 2. The molecule has 110 valence electrons. The Balaban J connectivity index is 2.31. The van der Waals surface area contributed by atoms with Crippen LogP contribution in [-0.2, 0) is 0 Å². The third-order valence-electron chi connectivity index (χ3n) is 2.54. The Labute approximate surface area is 134 Å². The smallest absolute Gasteiger partial charge is 0.166 e. The van der Waals surface area contributed by atoms with Gasteiger partial charge >= 0.3 is 0 Å². The van der Waals surface area contributed by atoms with Gasteiger partial charge < -0.3 is 0 Å². The lowest BCUT2D eigenvalue weighted by molar-refractivity contribution is 0.579. The largest absolute Gasteiger partial charge is 0.260 e. The van der Waals surface area contributed by atoms with Crippen molar-refractivity contribution in [3.63, 3.8) is 0 Å². The summed E-state index contributed by atoms with van der Waals surface area (Å²) in [7, 11) is 0. The van der Waals surface area contributed by atoms with E-state index in [0.717, 1.165) is 12.1 Å². The van der Waals surface area contributed by atoms with Gasteiger partial charge in [0.15, 0.2) is 5.82 Å². The molecule has 0 bridgehead atoms. The fraction of sp³-hybridized carbons (Fsp3) is 0.0769. The maximum Gasteiger partial charge on any atom is 0.166 e. The summed E-state index contributed by atoms with van der Waals surface area (Å²) < 4.78 is 27.2. The number of benzene rings is 1. The summed E-state index contributed by atoms with van der Waals surface area (Å²) in [6.45, 7) is 1.44. The number of aromatic nitrogens is 1. The molecule has 0 spiro atoms. The molecule has 0 aliphatic carbocycles. The van der Waals surface area contributed by atoms with Crippen LogP contribution in [0.1, 0.15) is 12.5 Å². The molecule has 1 heterocycles. The van der Waals surface area contributed by atoms with Crippen LogP contribution >= 0.6 is 34.8 Å². The van der Waals surface area contributed by atoms with Gasteiger partial charge in [0, 0.05) is 0 Å². The van der Waals surface area contributed by atoms with Crippen LogP contribution in [0.5, 0.6) is 0 Å². The van der Waals surface area contributed by atoms with Gasteiger partial charge in [-0.05, 0) is 25.1 Å². The normalized spacial score (nSPS) is 11.6. The highest BCUT2D eigenvalue weighted by Gasteiger charge is 2.12. The molecule has 0 fully saturated rings. The fourth-order valence-electron chi connectivity index (χ4n) is 1.56. The lowest BCUT2D eigenvalue weighted by atomic mass is 10.1. The summed E-state index contributed by atoms with van der Waals surface area (Å²) in [5.41, 5.74) is 2.36. The predicted octanol–water partition coefficient (Wildman–Crippen LogP) is 5.16. The number of halogens is 5. The molecule has 3 nitrogen and oxygen atoms in total. The second-order valence-electron chi connectivity index (χ2n) is 4.00. The quantitative estimate of drug-likeness (QED) is 0.472. The number of hydrazone groups is 1. The Kier molecular flexibility index (Phi) is 4.98. The highest BCUT2D eigenvalue weighted by Crippen LogP contribution is 2.28. The molecule has 2 aromatic rings. The van der Waals surface area contributed by atoms with Gasteiger partial charge in [-0.3, -0.25) is 5.43 Å². The van der Waals surface area contributed by atoms with E-state index < -0.39 is 11.6 Å². The minimum absolute atomic E-state index is 0.0356. The lowest BCUT2D eigenvalue weighted by Crippen LogP contribution is -2.06. The van der Waals surface area contributed by atoms with Gasteiger partial charge in [0.25, 0.3) is 0 Å². The van der Waals surface area contributed by atoms with Crippen LogP contribution in [0.3, 0.4) is 0 Å². The SMILES string of the molecule is C/C(=N/Nc1nc(Cl)c(Cl)cc1Cl)c1c(F)cccc1F. The molecular formula is C13H8Cl3F2N3. The number of rotatable bonds is 3. The highest BCUT2D eigenvalue weighted by atomic mass is 35.5. The minimum Gasteiger partial charge on any atom is -0.260 e. The number of anilines is 1. The molecule has 1 aromatic carbocycles. The molecule has 2 rings (SSSR count). The summed E-state index contributed by atoms with van der Waals surface area (Å²) in [5, 5.41) is 4.26. The van der Waals surface area contributed by atoms with Crippen LogP contribution in [0, 0.1) is 11.6 Å². The molecule has 0 atom stereocenters. The molecule has 0 aliphatic rings. The van der Waals surface area contributed by atoms with E-state index in [2.05, 4.69) is 15.5 Å². The third-order valence-corrected chi connectivity index (χ3v) is 3.50. The molecule has 21 heavy (non-hydrogen) atoms. The maximum atomic E-state index is 13.6. The molecule has 0 amide bonds. The van der Waals surface area contributed by atoms with E-state index in [0.29, 0.717) is 0 Å². The summed E-state index contributed by atoms with van der Waals surface area (Å²) in [5.74, 6) is -1.31. The van der Waals surface area contributed by atoms with Gasteiger partial charge in [0.2, 0.25) is 0 Å². The molecule has 1 aromatic heterocycles. The Hall–Kier alpha value is -1.43. The fourth-order valence-corrected chi connectivity index (χ4v) is 2.10. The Morgan fingerprint density at radius 3 is 2.38 bits per heavy atom. The van der Waals surface area contributed by atoms with Crippen LogP contribution in [-0.4, -0.2) is 10.7 Å². The molecular weight excluding hydrogens is 343 g/mol. The first-order valence-corrected chi connectivity index (χ1v) is 6.79. The summed E-state index contributed by atoms with van der Waals surface area (Å²) >= 11 is 17.4. The van der Waals surface area contributed by atoms with Crippen molar-refractivity contribution in [1.29, 1.82) is 0 Å². The second-order valence-corrected chi connectivity index (χ2v) is 5.17. The van der Waals surface area contributed by atoms with Gasteiger partial charge in [-0.2, -0.15) is 5.10 Å². The molecule has 0 radical (unpaired) electrons. The van der Waals surface area contributed by atoms with Crippen molar-refractivity contribution in [2.45, 2.75) is 6.92 Å². The Morgan fingerprint density at radius 1 is 1.14 bits per heavy atom. The predicted molar refractivity (Wildman–Crippen MR) is 81.5 cm³/mol.